The van der Waals surface area contributed by atoms with E-state index in [4.69, 9.17) is 11.6 Å². The zero-order valence-corrected chi connectivity index (χ0v) is 15.4. The predicted molar refractivity (Wildman–Crippen MR) is 105 cm³/mol. The summed E-state index contributed by atoms with van der Waals surface area (Å²) >= 11 is 7.35. The van der Waals surface area contributed by atoms with Crippen molar-refractivity contribution in [2.45, 2.75) is 25.1 Å². The van der Waals surface area contributed by atoms with Crippen LogP contribution in [0, 0.1) is 0 Å². The van der Waals surface area contributed by atoms with Gasteiger partial charge in [0.15, 0.2) is 5.17 Å². The zero-order valence-electron chi connectivity index (χ0n) is 13.8. The second-order valence-electron chi connectivity index (χ2n) is 5.60. The van der Waals surface area contributed by atoms with Crippen LogP contribution in [0.3, 0.4) is 0 Å². The van der Waals surface area contributed by atoms with Crippen LogP contribution in [0.4, 0.5) is 0 Å². The van der Waals surface area contributed by atoms with Gasteiger partial charge in [-0.15, -0.1) is 5.10 Å². The summed E-state index contributed by atoms with van der Waals surface area (Å²) in [6, 6.07) is 17.3. The SMILES string of the molecule is CCC1SC(=NN=Cc2ccc(Cl)cc2)N(Cc2ccccc2)C1=O. The second-order valence-corrected chi connectivity index (χ2v) is 7.21. The number of carbonyl (C=O) groups is 1. The van der Waals surface area contributed by atoms with Gasteiger partial charge in [0, 0.05) is 5.02 Å². The minimum atomic E-state index is -0.0896. The molecule has 1 aliphatic heterocycles. The van der Waals surface area contributed by atoms with Crippen LogP contribution in [0.2, 0.25) is 5.02 Å². The lowest BCUT2D eigenvalue weighted by Crippen LogP contribution is -2.31. The first kappa shape index (κ1) is 17.7. The molecule has 1 unspecified atom stereocenters. The summed E-state index contributed by atoms with van der Waals surface area (Å²) in [6.45, 7) is 2.52. The van der Waals surface area contributed by atoms with Gasteiger partial charge in [0.1, 0.15) is 0 Å². The van der Waals surface area contributed by atoms with Crippen molar-refractivity contribution >= 4 is 40.7 Å². The van der Waals surface area contributed by atoms with Gasteiger partial charge in [0.2, 0.25) is 5.91 Å². The Morgan fingerprint density at radius 1 is 1.16 bits per heavy atom. The number of rotatable bonds is 5. The fourth-order valence-electron chi connectivity index (χ4n) is 2.45. The molecule has 0 N–H and O–H groups in total. The van der Waals surface area contributed by atoms with Crippen molar-refractivity contribution < 1.29 is 4.79 Å². The van der Waals surface area contributed by atoms with E-state index < -0.39 is 0 Å². The fraction of sp³-hybridized carbons (Fsp3) is 0.211. The number of carbonyl (C=O) groups excluding carboxylic acids is 1. The van der Waals surface area contributed by atoms with Crippen LogP contribution in [0.15, 0.2) is 64.8 Å². The summed E-state index contributed by atoms with van der Waals surface area (Å²) in [7, 11) is 0. The Balaban J connectivity index is 1.78. The van der Waals surface area contributed by atoms with Crippen LogP contribution in [0.5, 0.6) is 0 Å². The normalized spacial score (nSPS) is 19.3. The molecule has 1 amide bonds. The lowest BCUT2D eigenvalue weighted by Gasteiger charge is -2.15. The van der Waals surface area contributed by atoms with Crippen molar-refractivity contribution in [2.75, 3.05) is 0 Å². The minimum absolute atomic E-state index is 0.0896. The van der Waals surface area contributed by atoms with Crippen molar-refractivity contribution in [3.63, 3.8) is 0 Å². The molecule has 3 rings (SSSR count). The van der Waals surface area contributed by atoms with Gasteiger partial charge in [0.25, 0.3) is 0 Å². The second kappa shape index (κ2) is 8.32. The number of nitrogens with zero attached hydrogens (tertiary/aromatic N) is 3. The molecular weight excluding hydrogens is 354 g/mol. The topological polar surface area (TPSA) is 45.0 Å². The molecule has 1 saturated heterocycles. The van der Waals surface area contributed by atoms with Gasteiger partial charge in [-0.2, -0.15) is 5.10 Å². The van der Waals surface area contributed by atoms with Crippen LogP contribution < -0.4 is 0 Å². The van der Waals surface area contributed by atoms with Crippen LogP contribution >= 0.6 is 23.4 Å². The Kier molecular flexibility index (Phi) is 5.89. The Morgan fingerprint density at radius 2 is 1.88 bits per heavy atom. The Bertz CT molecular complexity index is 790. The summed E-state index contributed by atoms with van der Waals surface area (Å²) in [4.78, 5) is 14.3. The third kappa shape index (κ3) is 4.50. The van der Waals surface area contributed by atoms with Crippen molar-refractivity contribution in [1.29, 1.82) is 0 Å². The van der Waals surface area contributed by atoms with Crippen LogP contribution in [0.1, 0.15) is 24.5 Å². The third-order valence-corrected chi connectivity index (χ3v) is 5.38. The van der Waals surface area contributed by atoms with Crippen molar-refractivity contribution in [2.24, 2.45) is 10.2 Å². The van der Waals surface area contributed by atoms with Crippen molar-refractivity contribution in [3.8, 4) is 0 Å². The average molecular weight is 372 g/mol. The van der Waals surface area contributed by atoms with E-state index in [1.807, 2.05) is 49.4 Å². The number of thioether (sulfide) groups is 1. The van der Waals surface area contributed by atoms with Gasteiger partial charge in [-0.05, 0) is 29.7 Å². The highest BCUT2D eigenvalue weighted by Crippen LogP contribution is 2.30. The monoisotopic (exact) mass is 371 g/mol. The molecule has 128 valence electrons. The molecule has 0 radical (unpaired) electrons. The molecule has 6 heteroatoms. The molecule has 2 aromatic carbocycles. The molecule has 2 aromatic rings. The molecule has 0 aliphatic carbocycles. The van der Waals surface area contributed by atoms with Gasteiger partial charge in [0.05, 0.1) is 18.0 Å². The van der Waals surface area contributed by atoms with E-state index in [9.17, 15) is 4.79 Å². The molecule has 0 saturated carbocycles. The quantitative estimate of drug-likeness (QED) is 0.570. The third-order valence-electron chi connectivity index (χ3n) is 3.79. The first-order valence-electron chi connectivity index (χ1n) is 8.06. The predicted octanol–water partition coefficient (Wildman–Crippen LogP) is 4.58. The summed E-state index contributed by atoms with van der Waals surface area (Å²) in [5.74, 6) is 0.0943. The molecule has 25 heavy (non-hydrogen) atoms. The molecule has 1 aliphatic rings. The van der Waals surface area contributed by atoms with E-state index in [2.05, 4.69) is 10.2 Å². The lowest BCUT2D eigenvalue weighted by atomic mass is 10.2. The highest BCUT2D eigenvalue weighted by atomic mass is 35.5. The number of amides is 1. The standard InChI is InChI=1S/C19H18ClN3OS/c1-2-17-18(24)23(13-15-6-4-3-5-7-15)19(25-17)22-21-12-14-8-10-16(20)11-9-14/h3-12,17H,2,13H2,1H3. The number of amidine groups is 1. The number of halogens is 1. The molecular formula is C19H18ClN3OS. The van der Waals surface area contributed by atoms with Crippen LogP contribution in [0.25, 0.3) is 0 Å². The summed E-state index contributed by atoms with van der Waals surface area (Å²) in [5.41, 5.74) is 1.98. The van der Waals surface area contributed by atoms with Gasteiger partial charge in [-0.25, -0.2) is 0 Å². The molecule has 1 heterocycles. The van der Waals surface area contributed by atoms with Crippen LogP contribution in [-0.4, -0.2) is 27.4 Å². The molecule has 4 nitrogen and oxygen atoms in total. The van der Waals surface area contributed by atoms with Gasteiger partial charge in [-0.1, -0.05) is 72.8 Å². The van der Waals surface area contributed by atoms with E-state index in [1.165, 1.54) is 11.8 Å². The molecule has 0 bridgehead atoms. The number of hydrogen-bond donors (Lipinski definition) is 0. The van der Waals surface area contributed by atoms with Gasteiger partial charge < -0.3 is 0 Å². The van der Waals surface area contributed by atoms with E-state index in [0.717, 1.165) is 17.5 Å². The summed E-state index contributed by atoms with van der Waals surface area (Å²) in [5, 5.41) is 9.68. The smallest absolute Gasteiger partial charge is 0.242 e. The molecule has 0 aromatic heterocycles. The van der Waals surface area contributed by atoms with E-state index in [1.54, 1.807) is 23.2 Å². The summed E-state index contributed by atoms with van der Waals surface area (Å²) < 4.78 is 0. The van der Waals surface area contributed by atoms with E-state index in [0.29, 0.717) is 16.7 Å². The lowest BCUT2D eigenvalue weighted by molar-refractivity contribution is -0.126. The largest absolute Gasteiger partial charge is 0.284 e. The first-order chi connectivity index (χ1) is 12.2. The molecule has 1 atom stereocenters. The molecule has 0 spiro atoms. The zero-order chi connectivity index (χ0) is 17.6. The maximum Gasteiger partial charge on any atom is 0.242 e. The maximum atomic E-state index is 12.6. The minimum Gasteiger partial charge on any atom is -0.284 e. The van der Waals surface area contributed by atoms with E-state index in [-0.39, 0.29) is 11.2 Å². The highest BCUT2D eigenvalue weighted by Gasteiger charge is 2.36. The van der Waals surface area contributed by atoms with Crippen molar-refractivity contribution in [1.82, 2.24) is 4.90 Å². The Morgan fingerprint density at radius 3 is 2.56 bits per heavy atom. The summed E-state index contributed by atoms with van der Waals surface area (Å²) in [6.07, 6.45) is 2.43. The maximum absolute atomic E-state index is 12.6. The highest BCUT2D eigenvalue weighted by molar-refractivity contribution is 8.15. The fourth-order valence-corrected chi connectivity index (χ4v) is 3.60. The Hall–Kier alpha value is -2.11. The van der Waals surface area contributed by atoms with Gasteiger partial charge in [-0.3, -0.25) is 9.69 Å². The molecule has 1 fully saturated rings. The van der Waals surface area contributed by atoms with Crippen LogP contribution in [-0.2, 0) is 11.3 Å². The number of hydrogen-bond acceptors (Lipinski definition) is 4. The van der Waals surface area contributed by atoms with Crippen molar-refractivity contribution in [3.05, 3.63) is 70.7 Å². The Labute approximate surface area is 156 Å². The van der Waals surface area contributed by atoms with Gasteiger partial charge >= 0.3 is 0 Å². The first-order valence-corrected chi connectivity index (χ1v) is 9.31. The average Bonchev–Trinajstić information content (AvgIpc) is 2.93. The number of benzene rings is 2. The van der Waals surface area contributed by atoms with E-state index >= 15 is 0 Å².